The van der Waals surface area contributed by atoms with Gasteiger partial charge in [0.1, 0.15) is 0 Å². The molecule has 0 radical (unpaired) electrons. The van der Waals surface area contributed by atoms with Crippen LogP contribution in [0.5, 0.6) is 0 Å². The molecule has 1 aliphatic carbocycles. The molecular weight excluding hydrogens is 192 g/mol. The van der Waals surface area contributed by atoms with E-state index in [1.165, 1.54) is 22.3 Å². The number of hydrogen-bond donors (Lipinski definition) is 0. The average molecular weight is 208 g/mol. The molecule has 0 fully saturated rings. The van der Waals surface area contributed by atoms with Gasteiger partial charge in [-0.05, 0) is 37.0 Å². The van der Waals surface area contributed by atoms with E-state index in [9.17, 15) is 0 Å². The van der Waals surface area contributed by atoms with Gasteiger partial charge >= 0.3 is 0 Å². The van der Waals surface area contributed by atoms with Gasteiger partial charge < -0.3 is 0 Å². The highest BCUT2D eigenvalue weighted by atomic mass is 14.1. The first-order chi connectivity index (χ1) is 7.77. The summed E-state index contributed by atoms with van der Waals surface area (Å²) in [6.07, 6.45) is 7.45. The van der Waals surface area contributed by atoms with Crippen molar-refractivity contribution in [1.82, 2.24) is 0 Å². The lowest BCUT2D eigenvalue weighted by atomic mass is 9.92. The van der Waals surface area contributed by atoms with Crippen molar-refractivity contribution in [3.05, 3.63) is 71.0 Å². The van der Waals surface area contributed by atoms with E-state index in [2.05, 4.69) is 62.1 Å². The second kappa shape index (κ2) is 4.83. The molecule has 0 aliphatic heterocycles. The van der Waals surface area contributed by atoms with Crippen LogP contribution < -0.4 is 0 Å². The zero-order chi connectivity index (χ0) is 11.4. The van der Waals surface area contributed by atoms with Gasteiger partial charge in [0.2, 0.25) is 0 Å². The first-order valence-electron chi connectivity index (χ1n) is 5.63. The fraction of sp³-hybridized carbons (Fsp3) is 0.188. The number of hydrogen-bond acceptors (Lipinski definition) is 0. The van der Waals surface area contributed by atoms with Gasteiger partial charge in [-0.2, -0.15) is 0 Å². The molecule has 1 aliphatic rings. The SMILES string of the molecule is CC(C)=C=C1CC=CC=C1c1ccccc1. The van der Waals surface area contributed by atoms with E-state index in [4.69, 9.17) is 0 Å². The summed E-state index contributed by atoms with van der Waals surface area (Å²) in [6, 6.07) is 10.5. The molecule has 0 amide bonds. The number of benzene rings is 1. The largest absolute Gasteiger partial charge is 0.118 e. The minimum Gasteiger partial charge on any atom is -0.118 e. The summed E-state index contributed by atoms with van der Waals surface area (Å²) in [4.78, 5) is 0. The molecule has 0 saturated carbocycles. The Bertz CT molecular complexity index is 488. The molecule has 0 heteroatoms. The highest BCUT2D eigenvalue weighted by Gasteiger charge is 2.08. The molecule has 0 nitrogen and oxygen atoms in total. The minimum atomic E-state index is 0.978. The van der Waals surface area contributed by atoms with Gasteiger partial charge in [0.05, 0.1) is 0 Å². The quantitative estimate of drug-likeness (QED) is 0.595. The van der Waals surface area contributed by atoms with E-state index in [-0.39, 0.29) is 0 Å². The van der Waals surface area contributed by atoms with Gasteiger partial charge in [-0.15, -0.1) is 5.73 Å². The van der Waals surface area contributed by atoms with E-state index in [0.29, 0.717) is 0 Å². The summed E-state index contributed by atoms with van der Waals surface area (Å²) in [5.74, 6) is 0. The maximum Gasteiger partial charge on any atom is 0.00551 e. The van der Waals surface area contributed by atoms with Crippen LogP contribution in [0.15, 0.2) is 65.4 Å². The minimum absolute atomic E-state index is 0.978. The van der Waals surface area contributed by atoms with Gasteiger partial charge in [0, 0.05) is 5.57 Å². The molecule has 80 valence electrons. The summed E-state index contributed by atoms with van der Waals surface area (Å²) in [5, 5.41) is 0. The molecule has 0 saturated heterocycles. The van der Waals surface area contributed by atoms with Gasteiger partial charge in [0.15, 0.2) is 0 Å². The molecule has 0 atom stereocenters. The van der Waals surface area contributed by atoms with E-state index in [1.807, 2.05) is 6.07 Å². The fourth-order valence-electron chi connectivity index (χ4n) is 1.87. The zero-order valence-corrected chi connectivity index (χ0v) is 9.83. The predicted octanol–water partition coefficient (Wildman–Crippen LogP) is 4.52. The summed E-state index contributed by atoms with van der Waals surface area (Å²) in [5.41, 5.74) is 8.53. The second-order valence-corrected chi connectivity index (χ2v) is 4.18. The third kappa shape index (κ3) is 2.42. The Balaban J connectivity index is 2.50. The predicted molar refractivity (Wildman–Crippen MR) is 70.1 cm³/mol. The van der Waals surface area contributed by atoms with E-state index in [0.717, 1.165) is 6.42 Å². The summed E-state index contributed by atoms with van der Waals surface area (Å²) < 4.78 is 0. The Kier molecular flexibility index (Phi) is 3.24. The van der Waals surface area contributed by atoms with Crippen molar-refractivity contribution >= 4 is 5.57 Å². The lowest BCUT2D eigenvalue weighted by Crippen LogP contribution is -1.91. The zero-order valence-electron chi connectivity index (χ0n) is 9.83. The van der Waals surface area contributed by atoms with Crippen LogP contribution in [0.2, 0.25) is 0 Å². The Hall–Kier alpha value is -1.78. The molecule has 16 heavy (non-hydrogen) atoms. The van der Waals surface area contributed by atoms with Crippen LogP contribution in [0.4, 0.5) is 0 Å². The average Bonchev–Trinajstić information content (AvgIpc) is 2.30. The van der Waals surface area contributed by atoms with Crippen LogP contribution in [0.3, 0.4) is 0 Å². The Morgan fingerprint density at radius 1 is 1.12 bits per heavy atom. The van der Waals surface area contributed by atoms with E-state index < -0.39 is 0 Å². The highest BCUT2D eigenvalue weighted by molar-refractivity contribution is 5.81. The van der Waals surface area contributed by atoms with Crippen molar-refractivity contribution in [3.8, 4) is 0 Å². The monoisotopic (exact) mass is 208 g/mol. The van der Waals surface area contributed by atoms with Crippen LogP contribution in [0, 0.1) is 0 Å². The van der Waals surface area contributed by atoms with Gasteiger partial charge in [0.25, 0.3) is 0 Å². The van der Waals surface area contributed by atoms with Gasteiger partial charge in [-0.3, -0.25) is 0 Å². The van der Waals surface area contributed by atoms with Crippen molar-refractivity contribution in [3.63, 3.8) is 0 Å². The van der Waals surface area contributed by atoms with Crippen molar-refractivity contribution < 1.29 is 0 Å². The van der Waals surface area contributed by atoms with Crippen LogP contribution in [0.25, 0.3) is 5.57 Å². The van der Waals surface area contributed by atoms with Gasteiger partial charge in [-0.25, -0.2) is 0 Å². The Morgan fingerprint density at radius 2 is 1.88 bits per heavy atom. The van der Waals surface area contributed by atoms with Crippen LogP contribution in [0.1, 0.15) is 25.8 Å². The second-order valence-electron chi connectivity index (χ2n) is 4.18. The smallest absolute Gasteiger partial charge is 0.00551 e. The summed E-state index contributed by atoms with van der Waals surface area (Å²) in [7, 11) is 0. The van der Waals surface area contributed by atoms with Crippen LogP contribution in [-0.4, -0.2) is 0 Å². The molecule has 0 heterocycles. The molecule has 1 aromatic rings. The summed E-state index contributed by atoms with van der Waals surface area (Å²) >= 11 is 0. The van der Waals surface area contributed by atoms with Crippen molar-refractivity contribution in [2.24, 2.45) is 0 Å². The molecule has 0 N–H and O–H groups in total. The van der Waals surface area contributed by atoms with Crippen molar-refractivity contribution in [2.75, 3.05) is 0 Å². The van der Waals surface area contributed by atoms with Crippen molar-refractivity contribution in [2.45, 2.75) is 20.3 Å². The lowest BCUT2D eigenvalue weighted by molar-refractivity contribution is 1.26. The molecule has 0 aromatic heterocycles. The van der Waals surface area contributed by atoms with Crippen molar-refractivity contribution in [1.29, 1.82) is 0 Å². The van der Waals surface area contributed by atoms with E-state index in [1.54, 1.807) is 0 Å². The molecule has 1 aromatic carbocycles. The fourth-order valence-corrected chi connectivity index (χ4v) is 1.87. The lowest BCUT2D eigenvalue weighted by Gasteiger charge is -2.11. The van der Waals surface area contributed by atoms with Gasteiger partial charge in [-0.1, -0.05) is 48.6 Å². The first kappa shape index (κ1) is 10.7. The molecular formula is C16H16. The topological polar surface area (TPSA) is 0 Å². The number of allylic oxidation sites excluding steroid dienone is 5. The van der Waals surface area contributed by atoms with Crippen LogP contribution in [-0.2, 0) is 0 Å². The molecule has 0 spiro atoms. The summed E-state index contributed by atoms with van der Waals surface area (Å²) in [6.45, 7) is 4.18. The third-order valence-electron chi connectivity index (χ3n) is 2.53. The van der Waals surface area contributed by atoms with E-state index >= 15 is 0 Å². The normalized spacial score (nSPS) is 14.4. The molecule has 2 rings (SSSR count). The molecule has 0 bridgehead atoms. The van der Waals surface area contributed by atoms with Crippen LogP contribution >= 0.6 is 0 Å². The maximum absolute atomic E-state index is 3.44. The Morgan fingerprint density at radius 3 is 2.56 bits per heavy atom. The number of rotatable bonds is 1. The first-order valence-corrected chi connectivity index (χ1v) is 5.63. The Labute approximate surface area is 97.3 Å². The standard InChI is InChI=1S/C16H16/c1-13(2)12-15-10-6-7-11-16(15)14-8-4-3-5-9-14/h3-9,11H,10H2,1-2H3. The maximum atomic E-state index is 3.44. The highest BCUT2D eigenvalue weighted by Crippen LogP contribution is 2.28. The third-order valence-corrected chi connectivity index (χ3v) is 2.53. The molecule has 0 unspecified atom stereocenters.